The Morgan fingerprint density at radius 3 is 2.81 bits per heavy atom. The number of carbonyl (C=O) groups is 2. The standard InChI is InChI=1S/C20H22N4O3/c1-12-4-6-16(13(2)8-12)21-10-19(25)24-23-14(3)15-5-7-18-17(9-15)22-20(26)11-27-18/h4-9,21H,10-11H2,1-3H3,(H,22,26)(H,24,25)/b23-14-. The Labute approximate surface area is 157 Å². The van der Waals surface area contributed by atoms with Gasteiger partial charge in [-0.05, 0) is 56.2 Å². The number of fused-ring (bicyclic) bond motifs is 1. The summed E-state index contributed by atoms with van der Waals surface area (Å²) in [6, 6.07) is 11.4. The lowest BCUT2D eigenvalue weighted by Gasteiger charge is -2.18. The van der Waals surface area contributed by atoms with Crippen molar-refractivity contribution in [2.24, 2.45) is 5.10 Å². The number of amides is 2. The van der Waals surface area contributed by atoms with E-state index in [0.29, 0.717) is 17.1 Å². The zero-order chi connectivity index (χ0) is 19.4. The third-order valence-electron chi connectivity index (χ3n) is 4.20. The molecule has 1 heterocycles. The molecule has 1 aliphatic heterocycles. The SMILES string of the molecule is C/C(=N/NC(=O)CNc1ccc(C)cc1C)c1ccc2c(c1)NC(=O)CO2. The highest BCUT2D eigenvalue weighted by Gasteiger charge is 2.16. The van der Waals surface area contributed by atoms with Gasteiger partial charge in [0.05, 0.1) is 17.9 Å². The van der Waals surface area contributed by atoms with E-state index in [9.17, 15) is 9.59 Å². The van der Waals surface area contributed by atoms with Crippen LogP contribution in [0.5, 0.6) is 5.75 Å². The quantitative estimate of drug-likeness (QED) is 0.560. The molecule has 2 aromatic carbocycles. The van der Waals surface area contributed by atoms with Gasteiger partial charge in [-0.3, -0.25) is 9.59 Å². The van der Waals surface area contributed by atoms with Crippen molar-refractivity contribution < 1.29 is 14.3 Å². The van der Waals surface area contributed by atoms with Crippen LogP contribution >= 0.6 is 0 Å². The van der Waals surface area contributed by atoms with E-state index in [1.54, 1.807) is 19.1 Å². The van der Waals surface area contributed by atoms with Crippen LogP contribution in [0.3, 0.4) is 0 Å². The van der Waals surface area contributed by atoms with Crippen molar-refractivity contribution in [2.75, 3.05) is 23.8 Å². The second-order valence-electron chi connectivity index (χ2n) is 6.45. The number of aryl methyl sites for hydroxylation is 2. The Kier molecular flexibility index (Phi) is 5.40. The maximum atomic E-state index is 12.0. The summed E-state index contributed by atoms with van der Waals surface area (Å²) in [6.07, 6.45) is 0. The summed E-state index contributed by atoms with van der Waals surface area (Å²) in [5.41, 5.74) is 7.72. The van der Waals surface area contributed by atoms with E-state index in [4.69, 9.17) is 4.74 Å². The molecule has 0 unspecified atom stereocenters. The number of nitrogens with one attached hydrogen (secondary N) is 3. The fourth-order valence-electron chi connectivity index (χ4n) is 2.75. The third-order valence-corrected chi connectivity index (χ3v) is 4.20. The number of hydrazone groups is 1. The van der Waals surface area contributed by atoms with E-state index in [-0.39, 0.29) is 25.0 Å². The zero-order valence-corrected chi connectivity index (χ0v) is 15.6. The molecule has 0 radical (unpaired) electrons. The van der Waals surface area contributed by atoms with E-state index in [0.717, 1.165) is 16.8 Å². The molecule has 0 atom stereocenters. The number of hydrogen-bond acceptors (Lipinski definition) is 5. The van der Waals surface area contributed by atoms with Gasteiger partial charge in [-0.25, -0.2) is 5.43 Å². The second-order valence-corrected chi connectivity index (χ2v) is 6.45. The predicted molar refractivity (Wildman–Crippen MR) is 105 cm³/mol. The van der Waals surface area contributed by atoms with Gasteiger partial charge in [0, 0.05) is 5.69 Å². The van der Waals surface area contributed by atoms with E-state index < -0.39 is 0 Å². The minimum Gasteiger partial charge on any atom is -0.482 e. The second kappa shape index (κ2) is 7.90. The molecule has 1 aliphatic rings. The molecule has 3 N–H and O–H groups in total. The molecule has 0 fully saturated rings. The average Bonchev–Trinajstić information content (AvgIpc) is 2.64. The normalized spacial score (nSPS) is 13.3. The number of carbonyl (C=O) groups excluding carboxylic acids is 2. The van der Waals surface area contributed by atoms with Crippen LogP contribution in [-0.4, -0.2) is 30.7 Å². The lowest BCUT2D eigenvalue weighted by Crippen LogP contribution is -2.27. The van der Waals surface area contributed by atoms with Gasteiger partial charge in [0.25, 0.3) is 11.8 Å². The van der Waals surface area contributed by atoms with Gasteiger partial charge < -0.3 is 15.4 Å². The highest BCUT2D eigenvalue weighted by atomic mass is 16.5. The fourth-order valence-corrected chi connectivity index (χ4v) is 2.75. The Bertz CT molecular complexity index is 921. The smallest absolute Gasteiger partial charge is 0.262 e. The molecule has 0 saturated carbocycles. The largest absolute Gasteiger partial charge is 0.482 e. The van der Waals surface area contributed by atoms with Gasteiger partial charge in [0.15, 0.2) is 6.61 Å². The molecule has 0 saturated heterocycles. The zero-order valence-electron chi connectivity index (χ0n) is 15.6. The first-order chi connectivity index (χ1) is 12.9. The minimum atomic E-state index is -0.246. The van der Waals surface area contributed by atoms with Gasteiger partial charge in [-0.2, -0.15) is 5.10 Å². The van der Waals surface area contributed by atoms with E-state index in [1.165, 1.54) is 5.56 Å². The number of anilines is 2. The number of rotatable bonds is 5. The monoisotopic (exact) mass is 366 g/mol. The van der Waals surface area contributed by atoms with E-state index in [1.807, 2.05) is 32.0 Å². The Morgan fingerprint density at radius 2 is 2.04 bits per heavy atom. The molecule has 0 aromatic heterocycles. The van der Waals surface area contributed by atoms with Crippen LogP contribution in [-0.2, 0) is 9.59 Å². The number of hydrogen-bond donors (Lipinski definition) is 3. The summed E-state index contributed by atoms with van der Waals surface area (Å²) < 4.78 is 5.33. The Morgan fingerprint density at radius 1 is 1.22 bits per heavy atom. The van der Waals surface area contributed by atoms with Crippen molar-refractivity contribution >= 4 is 28.9 Å². The van der Waals surface area contributed by atoms with E-state index >= 15 is 0 Å². The van der Waals surface area contributed by atoms with Gasteiger partial charge in [-0.1, -0.05) is 17.7 Å². The van der Waals surface area contributed by atoms with Crippen molar-refractivity contribution in [3.05, 3.63) is 53.1 Å². The van der Waals surface area contributed by atoms with Crippen LogP contribution in [0, 0.1) is 13.8 Å². The van der Waals surface area contributed by atoms with Crippen LogP contribution in [0.15, 0.2) is 41.5 Å². The molecular formula is C20H22N4O3. The number of nitrogens with zero attached hydrogens (tertiary/aromatic N) is 1. The summed E-state index contributed by atoms with van der Waals surface area (Å²) in [4.78, 5) is 23.5. The average molecular weight is 366 g/mol. The highest BCUT2D eigenvalue weighted by molar-refractivity contribution is 6.02. The summed E-state index contributed by atoms with van der Waals surface area (Å²) in [7, 11) is 0. The molecule has 0 spiro atoms. The molecule has 140 valence electrons. The van der Waals surface area contributed by atoms with Crippen molar-refractivity contribution in [3.8, 4) is 5.75 Å². The van der Waals surface area contributed by atoms with Crippen LogP contribution in [0.2, 0.25) is 0 Å². The molecule has 2 amide bonds. The van der Waals surface area contributed by atoms with E-state index in [2.05, 4.69) is 27.2 Å². The summed E-state index contributed by atoms with van der Waals surface area (Å²) in [6.45, 7) is 5.94. The molecule has 0 bridgehead atoms. The van der Waals surface area contributed by atoms with Gasteiger partial charge >= 0.3 is 0 Å². The highest BCUT2D eigenvalue weighted by Crippen LogP contribution is 2.28. The van der Waals surface area contributed by atoms with Crippen LogP contribution in [0.25, 0.3) is 0 Å². The van der Waals surface area contributed by atoms with Crippen LogP contribution < -0.4 is 20.8 Å². The number of ether oxygens (including phenoxy) is 1. The Balaban J connectivity index is 1.59. The van der Waals surface area contributed by atoms with Gasteiger partial charge in [0.2, 0.25) is 0 Å². The lowest BCUT2D eigenvalue weighted by atomic mass is 10.1. The van der Waals surface area contributed by atoms with Crippen LogP contribution in [0.4, 0.5) is 11.4 Å². The molecule has 3 rings (SSSR count). The molecule has 7 nitrogen and oxygen atoms in total. The first-order valence-electron chi connectivity index (χ1n) is 8.63. The van der Waals surface area contributed by atoms with Crippen molar-refractivity contribution in [2.45, 2.75) is 20.8 Å². The molecule has 2 aromatic rings. The predicted octanol–water partition coefficient (Wildman–Crippen LogP) is 2.59. The van der Waals surface area contributed by atoms with Crippen molar-refractivity contribution in [1.82, 2.24) is 5.43 Å². The maximum Gasteiger partial charge on any atom is 0.262 e. The van der Waals surface area contributed by atoms with Crippen molar-refractivity contribution in [3.63, 3.8) is 0 Å². The summed E-state index contributed by atoms with van der Waals surface area (Å²) >= 11 is 0. The lowest BCUT2D eigenvalue weighted by molar-refractivity contribution is -0.119. The first kappa shape index (κ1) is 18.4. The van der Waals surface area contributed by atoms with Gasteiger partial charge in [0.1, 0.15) is 5.75 Å². The third kappa shape index (κ3) is 4.63. The maximum absolute atomic E-state index is 12.0. The minimum absolute atomic E-state index is 0.0168. The fraction of sp³-hybridized carbons (Fsp3) is 0.250. The topological polar surface area (TPSA) is 91.8 Å². The number of benzene rings is 2. The molecule has 7 heteroatoms. The van der Waals surface area contributed by atoms with Crippen LogP contribution in [0.1, 0.15) is 23.6 Å². The summed E-state index contributed by atoms with van der Waals surface area (Å²) in [5, 5.41) is 9.99. The van der Waals surface area contributed by atoms with Gasteiger partial charge in [-0.15, -0.1) is 0 Å². The van der Waals surface area contributed by atoms with Crippen molar-refractivity contribution in [1.29, 1.82) is 0 Å². The molecule has 27 heavy (non-hydrogen) atoms. The first-order valence-corrected chi connectivity index (χ1v) is 8.63. The molecular weight excluding hydrogens is 344 g/mol. The Hall–Kier alpha value is -3.35. The molecule has 0 aliphatic carbocycles. The summed E-state index contributed by atoms with van der Waals surface area (Å²) in [5.74, 6) is 0.178.